The van der Waals surface area contributed by atoms with Crippen molar-refractivity contribution in [1.82, 2.24) is 25.4 Å². The normalized spacial score (nSPS) is 15.0. The van der Waals surface area contributed by atoms with Crippen LogP contribution >= 0.6 is 24.0 Å². The van der Waals surface area contributed by atoms with Crippen molar-refractivity contribution in [1.29, 1.82) is 0 Å². The minimum absolute atomic E-state index is 0. The van der Waals surface area contributed by atoms with Gasteiger partial charge in [-0.1, -0.05) is 30.3 Å². The van der Waals surface area contributed by atoms with Crippen LogP contribution < -0.4 is 10.6 Å². The molecule has 2 aromatic rings. The molecular weight excluding hydrogens is 467 g/mol. The predicted octanol–water partition coefficient (Wildman–Crippen LogP) is 2.79. The third-order valence-corrected chi connectivity index (χ3v) is 5.28. The molecule has 0 amide bonds. The van der Waals surface area contributed by atoms with Gasteiger partial charge in [-0.05, 0) is 37.2 Å². The summed E-state index contributed by atoms with van der Waals surface area (Å²) in [5.74, 6) is 2.60. The van der Waals surface area contributed by atoms with E-state index >= 15 is 0 Å². The van der Waals surface area contributed by atoms with E-state index in [1.807, 2.05) is 36.7 Å². The second-order valence-electron chi connectivity index (χ2n) is 7.32. The van der Waals surface area contributed by atoms with Crippen LogP contribution in [0.1, 0.15) is 36.5 Å². The number of aromatic nitrogens is 3. The number of nitrogens with one attached hydrogen (secondary N) is 2. The quantitative estimate of drug-likeness (QED) is 0.316. The second kappa shape index (κ2) is 10.8. The van der Waals surface area contributed by atoms with E-state index in [1.54, 1.807) is 7.11 Å². The second-order valence-corrected chi connectivity index (χ2v) is 7.32. The van der Waals surface area contributed by atoms with Gasteiger partial charge >= 0.3 is 0 Å². The maximum atomic E-state index is 5.26. The first-order chi connectivity index (χ1) is 13.1. The van der Waals surface area contributed by atoms with Gasteiger partial charge in [0.1, 0.15) is 5.82 Å². The van der Waals surface area contributed by atoms with E-state index in [0.29, 0.717) is 18.5 Å². The number of benzene rings is 1. The molecule has 1 aliphatic carbocycles. The number of aliphatic imine (C=N–C) groups is 1. The molecule has 8 heteroatoms. The molecule has 0 saturated heterocycles. The lowest BCUT2D eigenvalue weighted by molar-refractivity contribution is 0.172. The fourth-order valence-corrected chi connectivity index (χ4v) is 2.98. The molecule has 0 unspecified atom stereocenters. The zero-order valence-corrected chi connectivity index (χ0v) is 19.3. The van der Waals surface area contributed by atoms with Gasteiger partial charge in [0.2, 0.25) is 0 Å². The maximum absolute atomic E-state index is 5.26. The lowest BCUT2D eigenvalue weighted by atomic mass is 10.0. The largest absolute Gasteiger partial charge is 0.385 e. The van der Waals surface area contributed by atoms with Crippen LogP contribution in [0.2, 0.25) is 0 Å². The summed E-state index contributed by atoms with van der Waals surface area (Å²) in [7, 11) is 3.74. The molecule has 0 spiro atoms. The zero-order chi connectivity index (χ0) is 19.1. The van der Waals surface area contributed by atoms with Crippen LogP contribution in [-0.2, 0) is 24.9 Å². The Morgan fingerprint density at radius 3 is 2.57 bits per heavy atom. The van der Waals surface area contributed by atoms with Crippen molar-refractivity contribution in [3.63, 3.8) is 0 Å². The fourth-order valence-electron chi connectivity index (χ4n) is 2.98. The van der Waals surface area contributed by atoms with Crippen molar-refractivity contribution in [2.24, 2.45) is 17.5 Å². The van der Waals surface area contributed by atoms with E-state index in [4.69, 9.17) is 9.73 Å². The van der Waals surface area contributed by atoms with Gasteiger partial charge in [-0.2, -0.15) is 0 Å². The molecule has 1 saturated carbocycles. The third kappa shape index (κ3) is 6.44. The van der Waals surface area contributed by atoms with Gasteiger partial charge in [0.25, 0.3) is 0 Å². The number of aryl methyl sites for hydroxylation is 1. The highest BCUT2D eigenvalue weighted by Crippen LogP contribution is 2.48. The first kappa shape index (κ1) is 22.6. The van der Waals surface area contributed by atoms with E-state index in [0.717, 1.165) is 37.2 Å². The van der Waals surface area contributed by atoms with E-state index in [-0.39, 0.29) is 24.0 Å². The summed E-state index contributed by atoms with van der Waals surface area (Å²) < 4.78 is 7.25. The van der Waals surface area contributed by atoms with E-state index in [2.05, 4.69) is 33.0 Å². The van der Waals surface area contributed by atoms with Gasteiger partial charge < -0.3 is 19.9 Å². The SMILES string of the molecule is COCCC1(CNC(=NCc2ccccc2)NCc2nnc(C)n2C)CC1.I. The van der Waals surface area contributed by atoms with Crippen LogP contribution in [0.4, 0.5) is 0 Å². The Morgan fingerprint density at radius 1 is 1.21 bits per heavy atom. The molecule has 1 aromatic heterocycles. The minimum Gasteiger partial charge on any atom is -0.385 e. The van der Waals surface area contributed by atoms with Crippen LogP contribution in [0, 0.1) is 12.3 Å². The van der Waals surface area contributed by atoms with Gasteiger partial charge in [0.05, 0.1) is 13.1 Å². The smallest absolute Gasteiger partial charge is 0.191 e. The van der Waals surface area contributed by atoms with Crippen molar-refractivity contribution in [3.8, 4) is 0 Å². The Balaban J connectivity index is 0.00000280. The van der Waals surface area contributed by atoms with Crippen LogP contribution in [0.5, 0.6) is 0 Å². The Hall–Kier alpha value is -1.68. The highest BCUT2D eigenvalue weighted by Gasteiger charge is 2.41. The molecule has 154 valence electrons. The Kier molecular flexibility index (Phi) is 8.68. The lowest BCUT2D eigenvalue weighted by Crippen LogP contribution is -2.40. The van der Waals surface area contributed by atoms with Gasteiger partial charge in [0.15, 0.2) is 11.8 Å². The van der Waals surface area contributed by atoms with Crippen molar-refractivity contribution >= 4 is 29.9 Å². The predicted molar refractivity (Wildman–Crippen MR) is 122 cm³/mol. The van der Waals surface area contributed by atoms with Gasteiger partial charge in [-0.3, -0.25) is 0 Å². The van der Waals surface area contributed by atoms with E-state index < -0.39 is 0 Å². The number of guanidine groups is 1. The first-order valence-corrected chi connectivity index (χ1v) is 9.52. The molecule has 28 heavy (non-hydrogen) atoms. The van der Waals surface area contributed by atoms with Gasteiger partial charge in [-0.25, -0.2) is 4.99 Å². The number of halogens is 1. The van der Waals surface area contributed by atoms with E-state index in [1.165, 1.54) is 18.4 Å². The molecule has 0 radical (unpaired) electrons. The molecule has 1 aromatic carbocycles. The van der Waals surface area contributed by atoms with Crippen LogP contribution in [0.15, 0.2) is 35.3 Å². The van der Waals surface area contributed by atoms with Crippen molar-refractivity contribution in [2.45, 2.75) is 39.3 Å². The minimum atomic E-state index is 0. The molecule has 2 N–H and O–H groups in total. The van der Waals surface area contributed by atoms with Crippen LogP contribution in [0.3, 0.4) is 0 Å². The molecular formula is C20H31IN6O. The topological polar surface area (TPSA) is 76.4 Å². The monoisotopic (exact) mass is 498 g/mol. The summed E-state index contributed by atoms with van der Waals surface area (Å²) >= 11 is 0. The number of hydrogen-bond acceptors (Lipinski definition) is 4. The Bertz CT molecular complexity index is 757. The van der Waals surface area contributed by atoms with Crippen molar-refractivity contribution in [3.05, 3.63) is 47.5 Å². The number of hydrogen-bond donors (Lipinski definition) is 2. The van der Waals surface area contributed by atoms with Gasteiger partial charge in [0, 0.05) is 27.3 Å². The molecule has 0 aliphatic heterocycles. The summed E-state index contributed by atoms with van der Waals surface area (Å²) in [5, 5.41) is 15.3. The van der Waals surface area contributed by atoms with Crippen molar-refractivity contribution < 1.29 is 4.74 Å². The maximum Gasteiger partial charge on any atom is 0.191 e. The summed E-state index contributed by atoms with van der Waals surface area (Å²) in [5.41, 5.74) is 1.54. The fraction of sp³-hybridized carbons (Fsp3) is 0.550. The van der Waals surface area contributed by atoms with Crippen LogP contribution in [0.25, 0.3) is 0 Å². The number of ether oxygens (including phenoxy) is 1. The van der Waals surface area contributed by atoms with Crippen molar-refractivity contribution in [2.75, 3.05) is 20.3 Å². The molecule has 1 aliphatic rings. The van der Waals surface area contributed by atoms with E-state index in [9.17, 15) is 0 Å². The average molecular weight is 498 g/mol. The Labute approximate surface area is 184 Å². The van der Waals surface area contributed by atoms with Gasteiger partial charge in [-0.15, -0.1) is 34.2 Å². The molecule has 3 rings (SSSR count). The summed E-state index contributed by atoms with van der Waals surface area (Å²) in [6, 6.07) is 10.3. The van der Waals surface area contributed by atoms with Crippen LogP contribution in [-0.4, -0.2) is 41.0 Å². The third-order valence-electron chi connectivity index (χ3n) is 5.28. The highest BCUT2D eigenvalue weighted by atomic mass is 127. The lowest BCUT2D eigenvalue weighted by Gasteiger charge is -2.18. The standard InChI is InChI=1S/C20H30N6O.HI/c1-16-24-25-18(26(16)2)14-22-19(21-13-17-7-5-4-6-8-17)23-15-20(9-10-20)11-12-27-3;/h4-8H,9-15H2,1-3H3,(H2,21,22,23);1H. The Morgan fingerprint density at radius 2 is 1.96 bits per heavy atom. The summed E-state index contributed by atoms with van der Waals surface area (Å²) in [6.07, 6.45) is 3.58. The molecule has 1 fully saturated rings. The molecule has 0 atom stereocenters. The first-order valence-electron chi connectivity index (χ1n) is 9.52. The number of nitrogens with zero attached hydrogens (tertiary/aromatic N) is 4. The molecule has 0 bridgehead atoms. The summed E-state index contributed by atoms with van der Waals surface area (Å²) in [4.78, 5) is 4.76. The zero-order valence-electron chi connectivity index (χ0n) is 16.9. The number of methoxy groups -OCH3 is 1. The molecule has 1 heterocycles. The number of rotatable bonds is 9. The highest BCUT2D eigenvalue weighted by molar-refractivity contribution is 14.0. The summed E-state index contributed by atoms with van der Waals surface area (Å²) in [6.45, 7) is 4.90. The average Bonchev–Trinajstić information content (AvgIpc) is 3.40. The molecule has 7 nitrogen and oxygen atoms in total.